The number of para-hydroxylation sites is 1. The maximum Gasteiger partial charge on any atom is 0.337 e. The molecule has 2 rings (SSSR count). The number of hydrogen-bond donors (Lipinski definition) is 2. The van der Waals surface area contributed by atoms with E-state index in [1.807, 2.05) is 24.3 Å². The van der Waals surface area contributed by atoms with Crippen molar-refractivity contribution in [1.29, 1.82) is 0 Å². The van der Waals surface area contributed by atoms with E-state index in [0.717, 1.165) is 5.56 Å². The number of anilines is 2. The highest BCUT2D eigenvalue weighted by Crippen LogP contribution is 2.31. The average molecular weight is 396 g/mol. The van der Waals surface area contributed by atoms with Gasteiger partial charge in [-0.15, -0.1) is 0 Å². The van der Waals surface area contributed by atoms with Crippen LogP contribution in [0.5, 0.6) is 0 Å². The first-order valence-corrected chi connectivity index (χ1v) is 9.37. The molecule has 0 saturated carbocycles. The van der Waals surface area contributed by atoms with E-state index in [2.05, 4.69) is 36.1 Å². The molecule has 0 fully saturated rings. The number of esters is 1. The van der Waals surface area contributed by atoms with Crippen LogP contribution in [-0.4, -0.2) is 24.9 Å². The fourth-order valence-electron chi connectivity index (χ4n) is 2.72. The van der Waals surface area contributed by atoms with Gasteiger partial charge in [0, 0.05) is 11.4 Å². The van der Waals surface area contributed by atoms with Crippen LogP contribution in [0.2, 0.25) is 0 Å². The molecule has 6 heteroatoms. The number of amides is 2. The van der Waals surface area contributed by atoms with Crippen LogP contribution in [-0.2, 0) is 19.7 Å². The van der Waals surface area contributed by atoms with Gasteiger partial charge in [-0.05, 0) is 55.2 Å². The Hall–Kier alpha value is -3.15. The Balaban J connectivity index is 2.14. The van der Waals surface area contributed by atoms with Crippen LogP contribution in [0, 0.1) is 5.41 Å². The van der Waals surface area contributed by atoms with Crippen LogP contribution in [0.25, 0.3) is 0 Å². The van der Waals surface area contributed by atoms with Gasteiger partial charge in [-0.1, -0.05) is 39.0 Å². The number of hydrogen-bond acceptors (Lipinski definition) is 4. The van der Waals surface area contributed by atoms with Gasteiger partial charge in [0.15, 0.2) is 0 Å². The van der Waals surface area contributed by atoms with Crippen LogP contribution in [0.3, 0.4) is 0 Å². The van der Waals surface area contributed by atoms with Crippen molar-refractivity contribution in [3.8, 4) is 0 Å². The Kier molecular flexibility index (Phi) is 6.47. The summed E-state index contributed by atoms with van der Waals surface area (Å²) in [6.45, 7) is 9.33. The first kappa shape index (κ1) is 22.1. The minimum absolute atomic E-state index is 0.155. The van der Waals surface area contributed by atoms with Crippen molar-refractivity contribution in [2.24, 2.45) is 5.41 Å². The van der Waals surface area contributed by atoms with Crippen molar-refractivity contribution in [2.45, 2.75) is 40.0 Å². The predicted molar refractivity (Wildman–Crippen MR) is 114 cm³/mol. The highest BCUT2D eigenvalue weighted by Gasteiger charge is 2.37. The first-order valence-electron chi connectivity index (χ1n) is 9.37. The molecule has 154 valence electrons. The summed E-state index contributed by atoms with van der Waals surface area (Å²) in [7, 11) is 1.30. The van der Waals surface area contributed by atoms with Crippen molar-refractivity contribution in [3.05, 3.63) is 59.7 Å². The molecule has 2 amide bonds. The Morgan fingerprint density at radius 2 is 1.34 bits per heavy atom. The molecule has 2 aromatic rings. The summed E-state index contributed by atoms with van der Waals surface area (Å²) in [5.41, 5.74) is 1.07. The lowest BCUT2D eigenvalue weighted by Crippen LogP contribution is -2.42. The number of carbonyl (C=O) groups excluding carboxylic acids is 3. The minimum atomic E-state index is -1.31. The van der Waals surface area contributed by atoms with Gasteiger partial charge in [0.1, 0.15) is 5.41 Å². The van der Waals surface area contributed by atoms with Gasteiger partial charge in [0.05, 0.1) is 12.7 Å². The van der Waals surface area contributed by atoms with Crippen molar-refractivity contribution >= 4 is 29.2 Å². The fourth-order valence-corrected chi connectivity index (χ4v) is 2.72. The van der Waals surface area contributed by atoms with Crippen LogP contribution >= 0.6 is 0 Å². The SMILES string of the molecule is COC(=O)c1ccc(NC(=O)C(C)(C)C(=O)Nc2ccccc2C(C)(C)C)cc1. The lowest BCUT2D eigenvalue weighted by Gasteiger charge is -2.26. The van der Waals surface area contributed by atoms with Gasteiger partial charge in [-0.25, -0.2) is 4.79 Å². The van der Waals surface area contributed by atoms with E-state index in [9.17, 15) is 14.4 Å². The third-order valence-corrected chi connectivity index (χ3v) is 4.68. The number of methoxy groups -OCH3 is 1. The molecule has 0 aliphatic carbocycles. The topological polar surface area (TPSA) is 84.5 Å². The summed E-state index contributed by atoms with van der Waals surface area (Å²) in [4.78, 5) is 37.2. The standard InChI is InChI=1S/C23H28N2O4/c1-22(2,3)17-9-7-8-10-18(17)25-21(28)23(4,5)20(27)24-16-13-11-15(12-14-16)19(26)29-6/h7-14H,1-6H3,(H,24,27)(H,25,28). The lowest BCUT2D eigenvalue weighted by atomic mass is 9.85. The average Bonchev–Trinajstić information content (AvgIpc) is 2.67. The van der Waals surface area contributed by atoms with Crippen molar-refractivity contribution in [1.82, 2.24) is 0 Å². The highest BCUT2D eigenvalue weighted by atomic mass is 16.5. The molecule has 0 aromatic heterocycles. The van der Waals surface area contributed by atoms with Gasteiger partial charge in [0.2, 0.25) is 11.8 Å². The normalized spacial score (nSPS) is 11.5. The highest BCUT2D eigenvalue weighted by molar-refractivity contribution is 6.14. The zero-order valence-electron chi connectivity index (χ0n) is 17.8. The van der Waals surface area contributed by atoms with Gasteiger partial charge in [-0.2, -0.15) is 0 Å². The second-order valence-corrected chi connectivity index (χ2v) is 8.40. The van der Waals surface area contributed by atoms with Gasteiger partial charge in [-0.3, -0.25) is 9.59 Å². The quantitative estimate of drug-likeness (QED) is 0.580. The first-order chi connectivity index (χ1) is 13.5. The van der Waals surface area contributed by atoms with Crippen LogP contribution in [0.4, 0.5) is 11.4 Å². The summed E-state index contributed by atoms with van der Waals surface area (Å²) in [5.74, 6) is -1.31. The zero-order chi connectivity index (χ0) is 21.8. The Morgan fingerprint density at radius 1 is 0.793 bits per heavy atom. The van der Waals surface area contributed by atoms with Gasteiger partial charge < -0.3 is 15.4 Å². The molecule has 0 atom stereocenters. The summed E-state index contributed by atoms with van der Waals surface area (Å²) in [6, 6.07) is 13.8. The van der Waals surface area contributed by atoms with E-state index in [0.29, 0.717) is 16.9 Å². The van der Waals surface area contributed by atoms with E-state index in [1.54, 1.807) is 38.1 Å². The summed E-state index contributed by atoms with van der Waals surface area (Å²) in [5, 5.41) is 5.62. The van der Waals surface area contributed by atoms with Crippen molar-refractivity contribution in [3.63, 3.8) is 0 Å². The van der Waals surface area contributed by atoms with Crippen molar-refractivity contribution in [2.75, 3.05) is 17.7 Å². The molecule has 0 spiro atoms. The molecular formula is C23H28N2O4. The van der Waals surface area contributed by atoms with Crippen LogP contribution in [0.15, 0.2) is 48.5 Å². The predicted octanol–water partition coefficient (Wildman–Crippen LogP) is 4.37. The van der Waals surface area contributed by atoms with E-state index in [-0.39, 0.29) is 5.41 Å². The summed E-state index contributed by atoms with van der Waals surface area (Å²) >= 11 is 0. The number of carbonyl (C=O) groups is 3. The Bertz CT molecular complexity index is 909. The monoisotopic (exact) mass is 396 g/mol. The van der Waals surface area contributed by atoms with Gasteiger partial charge in [0.25, 0.3) is 0 Å². The minimum Gasteiger partial charge on any atom is -0.465 e. The molecule has 2 aromatic carbocycles. The smallest absolute Gasteiger partial charge is 0.337 e. The van der Waals surface area contributed by atoms with Crippen molar-refractivity contribution < 1.29 is 19.1 Å². The van der Waals surface area contributed by atoms with E-state index >= 15 is 0 Å². The van der Waals surface area contributed by atoms with Crippen LogP contribution in [0.1, 0.15) is 50.5 Å². The number of nitrogens with one attached hydrogen (secondary N) is 2. The van der Waals surface area contributed by atoms with Crippen LogP contribution < -0.4 is 10.6 Å². The van der Waals surface area contributed by atoms with E-state index in [1.165, 1.54) is 7.11 Å². The fraction of sp³-hybridized carbons (Fsp3) is 0.348. The lowest BCUT2D eigenvalue weighted by molar-refractivity contribution is -0.135. The maximum absolute atomic E-state index is 12.9. The molecule has 0 aliphatic heterocycles. The molecular weight excluding hydrogens is 368 g/mol. The third kappa shape index (κ3) is 5.22. The largest absolute Gasteiger partial charge is 0.465 e. The van der Waals surface area contributed by atoms with E-state index in [4.69, 9.17) is 0 Å². The molecule has 6 nitrogen and oxygen atoms in total. The Morgan fingerprint density at radius 3 is 1.90 bits per heavy atom. The van der Waals surface area contributed by atoms with Gasteiger partial charge >= 0.3 is 5.97 Å². The van der Waals surface area contributed by atoms with E-state index < -0.39 is 23.2 Å². The number of ether oxygens (including phenoxy) is 1. The maximum atomic E-state index is 12.9. The molecule has 0 aliphatic rings. The molecule has 0 unspecified atom stereocenters. The Labute approximate surface area is 171 Å². The summed E-state index contributed by atoms with van der Waals surface area (Å²) in [6.07, 6.45) is 0. The molecule has 29 heavy (non-hydrogen) atoms. The summed E-state index contributed by atoms with van der Waals surface area (Å²) < 4.78 is 4.65. The third-order valence-electron chi connectivity index (χ3n) is 4.68. The molecule has 2 N–H and O–H groups in total. The molecule has 0 bridgehead atoms. The second-order valence-electron chi connectivity index (χ2n) is 8.40. The molecule has 0 heterocycles. The second kappa shape index (κ2) is 8.47. The molecule has 0 saturated heterocycles. The number of rotatable bonds is 5. The number of benzene rings is 2. The zero-order valence-corrected chi connectivity index (χ0v) is 17.8. The molecule has 0 radical (unpaired) electrons.